The molecule has 1 aromatic rings. The van der Waals surface area contributed by atoms with Crippen molar-refractivity contribution in [1.82, 2.24) is 0 Å². The van der Waals surface area contributed by atoms with Crippen molar-refractivity contribution < 1.29 is 9.90 Å². The fourth-order valence-corrected chi connectivity index (χ4v) is 4.16. The molecule has 1 fully saturated rings. The molecule has 0 bridgehead atoms. The third-order valence-electron chi connectivity index (χ3n) is 3.82. The number of halogens is 1. The van der Waals surface area contributed by atoms with E-state index in [1.165, 1.54) is 4.88 Å². The van der Waals surface area contributed by atoms with Crippen molar-refractivity contribution >= 4 is 33.2 Å². The van der Waals surface area contributed by atoms with Crippen molar-refractivity contribution in [3.05, 3.63) is 20.8 Å². The van der Waals surface area contributed by atoms with Crippen LogP contribution in [0.3, 0.4) is 0 Å². The lowest BCUT2D eigenvalue weighted by Gasteiger charge is -2.35. The van der Waals surface area contributed by atoms with Gasteiger partial charge in [0.2, 0.25) is 0 Å². The van der Waals surface area contributed by atoms with Crippen LogP contribution in [0, 0.1) is 11.3 Å². The molecule has 0 aromatic carbocycles. The van der Waals surface area contributed by atoms with Gasteiger partial charge >= 0.3 is 5.97 Å². The largest absolute Gasteiger partial charge is 0.481 e. The maximum atomic E-state index is 11.6. The van der Waals surface area contributed by atoms with E-state index < -0.39 is 11.4 Å². The number of thiophene rings is 1. The molecule has 0 radical (unpaired) electrons. The van der Waals surface area contributed by atoms with Gasteiger partial charge in [-0.2, -0.15) is 0 Å². The third kappa shape index (κ3) is 2.91. The Balaban J connectivity index is 2.15. The molecule has 1 aliphatic carbocycles. The summed E-state index contributed by atoms with van der Waals surface area (Å²) >= 11 is 5.07. The van der Waals surface area contributed by atoms with Crippen LogP contribution in [-0.4, -0.2) is 11.1 Å². The maximum absolute atomic E-state index is 11.6. The van der Waals surface area contributed by atoms with Crippen molar-refractivity contribution in [2.24, 2.45) is 11.3 Å². The first-order chi connectivity index (χ1) is 8.02. The van der Waals surface area contributed by atoms with Gasteiger partial charge in [-0.1, -0.05) is 6.92 Å². The standard InChI is InChI=1S/C13H17BrO2S/c1-9-2-4-13(5-3-9,12(15)16)7-11-6-10(14)8-17-11/h6,8-9H,2-5,7H2,1H3,(H,15,16). The molecule has 94 valence electrons. The Morgan fingerprint density at radius 1 is 1.59 bits per heavy atom. The molecule has 2 rings (SSSR count). The van der Waals surface area contributed by atoms with E-state index in [1.54, 1.807) is 11.3 Å². The molecule has 2 nitrogen and oxygen atoms in total. The van der Waals surface area contributed by atoms with Crippen LogP contribution in [0.1, 0.15) is 37.5 Å². The number of hydrogen-bond acceptors (Lipinski definition) is 2. The molecule has 1 saturated carbocycles. The molecular weight excluding hydrogens is 300 g/mol. The van der Waals surface area contributed by atoms with E-state index in [9.17, 15) is 9.90 Å². The Morgan fingerprint density at radius 2 is 2.24 bits per heavy atom. The lowest BCUT2D eigenvalue weighted by molar-refractivity contribution is -0.151. The zero-order valence-electron chi connectivity index (χ0n) is 9.91. The van der Waals surface area contributed by atoms with Crippen LogP contribution >= 0.6 is 27.3 Å². The second-order valence-electron chi connectivity index (χ2n) is 5.18. The van der Waals surface area contributed by atoms with Gasteiger partial charge in [0.1, 0.15) is 0 Å². The predicted molar refractivity (Wildman–Crippen MR) is 73.4 cm³/mol. The van der Waals surface area contributed by atoms with Crippen molar-refractivity contribution in [1.29, 1.82) is 0 Å². The van der Waals surface area contributed by atoms with Gasteiger partial charge in [-0.05, 0) is 60.0 Å². The zero-order valence-corrected chi connectivity index (χ0v) is 12.3. The number of hydrogen-bond donors (Lipinski definition) is 1. The summed E-state index contributed by atoms with van der Waals surface area (Å²) in [6, 6.07) is 2.05. The molecule has 1 N–H and O–H groups in total. The zero-order chi connectivity index (χ0) is 12.5. The molecule has 0 aliphatic heterocycles. The topological polar surface area (TPSA) is 37.3 Å². The molecular formula is C13H17BrO2S. The number of carboxylic acid groups (broad SMARTS) is 1. The number of aliphatic carboxylic acids is 1. The first kappa shape index (κ1) is 13.1. The van der Waals surface area contributed by atoms with E-state index in [2.05, 4.69) is 22.9 Å². The minimum absolute atomic E-state index is 0.517. The Labute approximate surface area is 114 Å². The van der Waals surface area contributed by atoms with Crippen LogP contribution in [-0.2, 0) is 11.2 Å². The summed E-state index contributed by atoms with van der Waals surface area (Å²) in [5.41, 5.74) is -0.517. The van der Waals surface area contributed by atoms with Crippen LogP contribution in [0.4, 0.5) is 0 Å². The minimum atomic E-state index is -0.617. The summed E-state index contributed by atoms with van der Waals surface area (Å²) in [6.07, 6.45) is 4.40. The fourth-order valence-electron chi connectivity index (χ4n) is 2.56. The Morgan fingerprint density at radius 3 is 2.71 bits per heavy atom. The Hall–Kier alpha value is -0.350. The molecule has 17 heavy (non-hydrogen) atoms. The summed E-state index contributed by atoms with van der Waals surface area (Å²) in [5, 5.41) is 11.6. The smallest absolute Gasteiger partial charge is 0.309 e. The number of carboxylic acids is 1. The van der Waals surface area contributed by atoms with Gasteiger partial charge in [0.25, 0.3) is 0 Å². The van der Waals surface area contributed by atoms with Crippen LogP contribution in [0.5, 0.6) is 0 Å². The number of carbonyl (C=O) groups is 1. The summed E-state index contributed by atoms with van der Waals surface area (Å²) in [6.45, 7) is 2.22. The average Bonchev–Trinajstić information content (AvgIpc) is 2.67. The monoisotopic (exact) mass is 316 g/mol. The highest BCUT2D eigenvalue weighted by Gasteiger charge is 2.41. The highest BCUT2D eigenvalue weighted by atomic mass is 79.9. The average molecular weight is 317 g/mol. The fraction of sp³-hybridized carbons (Fsp3) is 0.615. The Bertz CT molecular complexity index is 405. The van der Waals surface area contributed by atoms with Crippen molar-refractivity contribution in [2.75, 3.05) is 0 Å². The summed E-state index contributed by atoms with van der Waals surface area (Å²) < 4.78 is 1.06. The van der Waals surface area contributed by atoms with E-state index in [0.29, 0.717) is 12.3 Å². The molecule has 0 spiro atoms. The summed E-state index contributed by atoms with van der Waals surface area (Å²) in [5.74, 6) is 0.0615. The molecule has 4 heteroatoms. The lowest BCUT2D eigenvalue weighted by atomic mass is 9.69. The molecule has 1 aromatic heterocycles. The SMILES string of the molecule is CC1CCC(Cc2cc(Br)cs2)(C(=O)O)CC1. The van der Waals surface area contributed by atoms with E-state index in [1.807, 2.05) is 11.4 Å². The highest BCUT2D eigenvalue weighted by Crippen LogP contribution is 2.42. The van der Waals surface area contributed by atoms with E-state index in [-0.39, 0.29) is 0 Å². The number of rotatable bonds is 3. The first-order valence-corrected chi connectivity index (χ1v) is 7.65. The highest BCUT2D eigenvalue weighted by molar-refractivity contribution is 9.10. The van der Waals surface area contributed by atoms with Gasteiger partial charge in [0, 0.05) is 14.7 Å². The van der Waals surface area contributed by atoms with Gasteiger partial charge in [0.15, 0.2) is 0 Å². The van der Waals surface area contributed by atoms with E-state index in [4.69, 9.17) is 0 Å². The second kappa shape index (κ2) is 5.11. The van der Waals surface area contributed by atoms with E-state index >= 15 is 0 Å². The quantitative estimate of drug-likeness (QED) is 0.901. The molecule has 1 aliphatic rings. The van der Waals surface area contributed by atoms with Gasteiger partial charge in [-0.15, -0.1) is 11.3 Å². The summed E-state index contributed by atoms with van der Waals surface area (Å²) in [7, 11) is 0. The minimum Gasteiger partial charge on any atom is -0.481 e. The van der Waals surface area contributed by atoms with Gasteiger partial charge in [-0.25, -0.2) is 0 Å². The van der Waals surface area contributed by atoms with Crippen LogP contribution in [0.2, 0.25) is 0 Å². The molecule has 0 unspecified atom stereocenters. The van der Waals surface area contributed by atoms with Crippen LogP contribution < -0.4 is 0 Å². The Kier molecular flexibility index (Phi) is 3.93. The first-order valence-electron chi connectivity index (χ1n) is 5.98. The van der Waals surface area contributed by atoms with Crippen molar-refractivity contribution in [3.8, 4) is 0 Å². The second-order valence-corrected chi connectivity index (χ2v) is 7.09. The summed E-state index contributed by atoms with van der Waals surface area (Å²) in [4.78, 5) is 12.8. The van der Waals surface area contributed by atoms with E-state index in [0.717, 1.165) is 30.2 Å². The van der Waals surface area contributed by atoms with Gasteiger partial charge < -0.3 is 5.11 Å². The molecule has 0 amide bonds. The lowest BCUT2D eigenvalue weighted by Crippen LogP contribution is -2.36. The van der Waals surface area contributed by atoms with Gasteiger partial charge in [-0.3, -0.25) is 4.79 Å². The molecule has 1 heterocycles. The predicted octanol–water partition coefficient (Wildman–Crippen LogP) is 4.33. The van der Waals surface area contributed by atoms with Crippen LogP contribution in [0.15, 0.2) is 15.9 Å². The maximum Gasteiger partial charge on any atom is 0.309 e. The normalized spacial score (nSPS) is 29.2. The van der Waals surface area contributed by atoms with Crippen molar-refractivity contribution in [3.63, 3.8) is 0 Å². The third-order valence-corrected chi connectivity index (χ3v) is 5.52. The van der Waals surface area contributed by atoms with Crippen molar-refractivity contribution in [2.45, 2.75) is 39.0 Å². The molecule has 0 atom stereocenters. The van der Waals surface area contributed by atoms with Gasteiger partial charge in [0.05, 0.1) is 5.41 Å². The van der Waals surface area contributed by atoms with Crippen LogP contribution in [0.25, 0.3) is 0 Å². The molecule has 0 saturated heterocycles.